The van der Waals surface area contributed by atoms with E-state index in [1.807, 2.05) is 6.92 Å². The molecule has 4 rings (SSSR count). The van der Waals surface area contributed by atoms with Gasteiger partial charge in [-0.15, -0.1) is 0 Å². The molecule has 0 spiro atoms. The summed E-state index contributed by atoms with van der Waals surface area (Å²) in [6.45, 7) is 3.53. The van der Waals surface area contributed by atoms with Crippen molar-refractivity contribution < 1.29 is 17.5 Å². The zero-order valence-electron chi connectivity index (χ0n) is 16.9. The predicted molar refractivity (Wildman–Crippen MR) is 109 cm³/mol. The Morgan fingerprint density at radius 1 is 1.28 bits per heavy atom. The fraction of sp³-hybridized carbons (Fsp3) is 0.600. The van der Waals surface area contributed by atoms with Gasteiger partial charge in [0.05, 0.1) is 16.0 Å². The van der Waals surface area contributed by atoms with Crippen LogP contribution in [0.1, 0.15) is 44.6 Å². The van der Waals surface area contributed by atoms with Crippen molar-refractivity contribution in [2.45, 2.75) is 69.7 Å². The zero-order valence-corrected chi connectivity index (χ0v) is 17.7. The third-order valence-electron chi connectivity index (χ3n) is 6.08. The normalized spacial score (nSPS) is 31.8. The number of anilines is 1. The monoisotopic (exact) mass is 422 g/mol. The molecular formula is C20H27FN4O3S. The number of sulfone groups is 1. The van der Waals surface area contributed by atoms with Crippen molar-refractivity contribution in [3.63, 3.8) is 0 Å². The lowest BCUT2D eigenvalue weighted by molar-refractivity contribution is 0.130. The molecule has 158 valence electrons. The number of fused-ring (bicyclic) bond motifs is 2. The molecule has 3 atom stereocenters. The van der Waals surface area contributed by atoms with E-state index in [2.05, 4.69) is 20.6 Å². The Hall–Kier alpha value is -2.00. The number of allylic oxidation sites excluding steroid dienone is 1. The lowest BCUT2D eigenvalue weighted by Gasteiger charge is -2.33. The SMILES string of the molecule is Cc1c(NC2(C)CC=C(S(C)(=O)=O)C=C2F)ncnc1OC1CC2CCC(C1)N2. The van der Waals surface area contributed by atoms with Crippen LogP contribution in [-0.2, 0) is 9.84 Å². The first-order valence-corrected chi connectivity index (χ1v) is 11.8. The maximum atomic E-state index is 14.8. The third-order valence-corrected chi connectivity index (χ3v) is 7.22. The Kier molecular flexibility index (Phi) is 5.14. The van der Waals surface area contributed by atoms with Crippen molar-refractivity contribution in [2.75, 3.05) is 11.6 Å². The first-order chi connectivity index (χ1) is 13.6. The second-order valence-electron chi connectivity index (χ2n) is 8.53. The van der Waals surface area contributed by atoms with Gasteiger partial charge in [-0.25, -0.2) is 22.8 Å². The summed E-state index contributed by atoms with van der Waals surface area (Å²) in [7, 11) is -3.45. The van der Waals surface area contributed by atoms with E-state index in [0.717, 1.165) is 25.2 Å². The molecule has 2 N–H and O–H groups in total. The van der Waals surface area contributed by atoms with E-state index < -0.39 is 21.2 Å². The van der Waals surface area contributed by atoms with Crippen molar-refractivity contribution >= 4 is 15.7 Å². The highest BCUT2D eigenvalue weighted by Gasteiger charge is 2.36. The van der Waals surface area contributed by atoms with E-state index >= 15 is 0 Å². The third kappa shape index (κ3) is 4.16. The summed E-state index contributed by atoms with van der Waals surface area (Å²) >= 11 is 0. The summed E-state index contributed by atoms with van der Waals surface area (Å²) in [5.41, 5.74) is -0.372. The Morgan fingerprint density at radius 3 is 2.59 bits per heavy atom. The number of aromatic nitrogens is 2. The molecule has 2 aliphatic heterocycles. The first-order valence-electron chi connectivity index (χ1n) is 9.94. The minimum atomic E-state index is -3.45. The molecule has 7 nitrogen and oxygen atoms in total. The lowest BCUT2D eigenvalue weighted by Crippen LogP contribution is -2.42. The summed E-state index contributed by atoms with van der Waals surface area (Å²) < 4.78 is 44.4. The standard InChI is InChI=1S/C20H27FN4O3S/c1-12-18(25-20(2)7-6-16(10-17(20)21)29(3,26)27)22-11-23-19(12)28-15-8-13-4-5-14(9-15)24-13/h6,10-11,13-15,24H,4-5,7-9H2,1-3H3,(H,22,23,25). The van der Waals surface area contributed by atoms with Gasteiger partial charge in [-0.2, -0.15) is 0 Å². The molecule has 0 saturated carbocycles. The molecule has 9 heteroatoms. The molecule has 2 bridgehead atoms. The average molecular weight is 423 g/mol. The van der Waals surface area contributed by atoms with Crippen molar-refractivity contribution in [3.05, 3.63) is 34.8 Å². The fourth-order valence-electron chi connectivity index (χ4n) is 4.31. The van der Waals surface area contributed by atoms with E-state index in [1.165, 1.54) is 25.2 Å². The largest absolute Gasteiger partial charge is 0.474 e. The molecule has 29 heavy (non-hydrogen) atoms. The van der Waals surface area contributed by atoms with E-state index in [0.29, 0.717) is 29.3 Å². The van der Waals surface area contributed by atoms with Crippen LogP contribution in [0.3, 0.4) is 0 Å². The van der Waals surface area contributed by atoms with Crippen LogP contribution < -0.4 is 15.4 Å². The number of piperidine rings is 1. The molecular weight excluding hydrogens is 395 g/mol. The number of ether oxygens (including phenoxy) is 1. The van der Waals surface area contributed by atoms with Crippen LogP contribution in [0.15, 0.2) is 29.2 Å². The van der Waals surface area contributed by atoms with Crippen LogP contribution in [0.4, 0.5) is 10.2 Å². The summed E-state index contributed by atoms with van der Waals surface area (Å²) in [5.74, 6) is 0.440. The maximum absolute atomic E-state index is 14.8. The van der Waals surface area contributed by atoms with Crippen molar-refractivity contribution in [1.29, 1.82) is 0 Å². The van der Waals surface area contributed by atoms with Crippen LogP contribution in [0.2, 0.25) is 0 Å². The number of hydrogen-bond acceptors (Lipinski definition) is 7. The number of hydrogen-bond donors (Lipinski definition) is 2. The molecule has 2 fully saturated rings. The van der Waals surface area contributed by atoms with Crippen molar-refractivity contribution in [1.82, 2.24) is 15.3 Å². The number of halogens is 1. The number of rotatable bonds is 5. The predicted octanol–water partition coefficient (Wildman–Crippen LogP) is 2.80. The minimum Gasteiger partial charge on any atom is -0.474 e. The molecule has 1 aromatic rings. The van der Waals surface area contributed by atoms with E-state index in [4.69, 9.17) is 4.74 Å². The molecule has 3 heterocycles. The summed E-state index contributed by atoms with van der Waals surface area (Å²) in [6, 6.07) is 1.02. The molecule has 2 saturated heterocycles. The van der Waals surface area contributed by atoms with Gasteiger partial charge in [0.1, 0.15) is 24.1 Å². The smallest absolute Gasteiger partial charge is 0.221 e. The second kappa shape index (κ2) is 7.36. The highest BCUT2D eigenvalue weighted by Crippen LogP contribution is 2.36. The molecule has 3 aliphatic rings. The highest BCUT2D eigenvalue weighted by molar-refractivity contribution is 7.94. The lowest BCUT2D eigenvalue weighted by atomic mass is 9.92. The van der Waals surface area contributed by atoms with Gasteiger partial charge in [-0.1, -0.05) is 6.08 Å². The van der Waals surface area contributed by atoms with Crippen LogP contribution in [-0.4, -0.2) is 48.4 Å². The molecule has 0 aromatic carbocycles. The maximum Gasteiger partial charge on any atom is 0.221 e. The topological polar surface area (TPSA) is 93.2 Å². The van der Waals surface area contributed by atoms with Crippen LogP contribution in [0.5, 0.6) is 5.88 Å². The minimum absolute atomic E-state index is 0.00163. The Labute approximate surface area is 170 Å². The Morgan fingerprint density at radius 2 is 1.97 bits per heavy atom. The molecule has 1 aromatic heterocycles. The molecule has 1 aliphatic carbocycles. The summed E-state index contributed by atoms with van der Waals surface area (Å²) in [4.78, 5) is 8.56. The highest BCUT2D eigenvalue weighted by atomic mass is 32.2. The van der Waals surface area contributed by atoms with Crippen LogP contribution in [0, 0.1) is 6.92 Å². The van der Waals surface area contributed by atoms with Gasteiger partial charge < -0.3 is 15.4 Å². The molecule has 0 radical (unpaired) electrons. The van der Waals surface area contributed by atoms with Gasteiger partial charge in [-0.05, 0) is 52.0 Å². The van der Waals surface area contributed by atoms with Gasteiger partial charge in [-0.3, -0.25) is 0 Å². The Bertz CT molecular complexity index is 966. The van der Waals surface area contributed by atoms with Gasteiger partial charge >= 0.3 is 0 Å². The van der Waals surface area contributed by atoms with Gasteiger partial charge in [0.2, 0.25) is 5.88 Å². The van der Waals surface area contributed by atoms with Crippen LogP contribution in [0.25, 0.3) is 0 Å². The molecule has 0 amide bonds. The number of nitrogens with zero attached hydrogens (tertiary/aromatic N) is 2. The fourth-order valence-corrected chi connectivity index (χ4v) is 5.02. The van der Waals surface area contributed by atoms with E-state index in [-0.39, 0.29) is 17.4 Å². The summed E-state index contributed by atoms with van der Waals surface area (Å²) in [5, 5.41) is 6.72. The first kappa shape index (κ1) is 20.3. The second-order valence-corrected chi connectivity index (χ2v) is 10.5. The van der Waals surface area contributed by atoms with Gasteiger partial charge in [0.15, 0.2) is 9.84 Å². The van der Waals surface area contributed by atoms with Crippen molar-refractivity contribution in [3.8, 4) is 5.88 Å². The van der Waals surface area contributed by atoms with E-state index in [1.54, 1.807) is 6.92 Å². The van der Waals surface area contributed by atoms with Gasteiger partial charge in [0.25, 0.3) is 0 Å². The molecule has 3 unspecified atom stereocenters. The van der Waals surface area contributed by atoms with E-state index in [9.17, 15) is 12.8 Å². The summed E-state index contributed by atoms with van der Waals surface area (Å²) in [6.07, 6.45) is 9.67. The van der Waals surface area contributed by atoms with Gasteiger partial charge in [0, 0.05) is 18.3 Å². The van der Waals surface area contributed by atoms with Crippen molar-refractivity contribution in [2.24, 2.45) is 0 Å². The number of nitrogens with one attached hydrogen (secondary N) is 2. The average Bonchev–Trinajstić information content (AvgIpc) is 2.98. The quantitative estimate of drug-likeness (QED) is 0.754. The Balaban J connectivity index is 1.51. The zero-order chi connectivity index (χ0) is 20.8. The van der Waals surface area contributed by atoms with Crippen LogP contribution >= 0.6 is 0 Å².